The lowest BCUT2D eigenvalue weighted by Gasteiger charge is -2.26. The van der Waals surface area contributed by atoms with E-state index in [1.807, 2.05) is 30.3 Å². The third kappa shape index (κ3) is 7.52. The summed E-state index contributed by atoms with van der Waals surface area (Å²) in [5.74, 6) is 0.383. The maximum absolute atomic E-state index is 13.0. The number of hydrogen-bond donors (Lipinski definition) is 3. The van der Waals surface area contributed by atoms with Gasteiger partial charge in [-0.25, -0.2) is 8.42 Å². The predicted molar refractivity (Wildman–Crippen MR) is 140 cm³/mol. The van der Waals surface area contributed by atoms with Crippen LogP contribution in [0.4, 0.5) is 0 Å². The Hall–Kier alpha value is -2.95. The van der Waals surface area contributed by atoms with Crippen molar-refractivity contribution in [3.63, 3.8) is 0 Å². The summed E-state index contributed by atoms with van der Waals surface area (Å²) in [6.45, 7) is 2.18. The minimum Gasteiger partial charge on any atom is -0.493 e. The maximum Gasteiger partial charge on any atom is 0.243 e. The number of piperidine rings is 1. The molecule has 0 saturated carbocycles. The number of benzene rings is 2. The number of hydrogen-bond acceptors (Lipinski definition) is 6. The average Bonchev–Trinajstić information content (AvgIpc) is 2.90. The van der Waals surface area contributed by atoms with Crippen molar-refractivity contribution in [3.05, 3.63) is 48.0 Å². The number of aryl methyl sites for hydroxylation is 1. The standard InChI is InChI=1S/C26H36N4O5S/c1-28-26(27)29-25(31)14-8-20-7-13-23(24(19-20)35-18-6-17-34-2)21-9-11-22(12-10-21)36(32,33)30-15-4-3-5-16-30/h7,9-13,19H,3-6,8,14-18H2,1-2H3,(H3,27,28,29,31). The summed E-state index contributed by atoms with van der Waals surface area (Å²) in [5, 5.41) is 12.6. The number of guanidine groups is 1. The molecule has 1 aliphatic heterocycles. The van der Waals surface area contributed by atoms with Gasteiger partial charge in [0.15, 0.2) is 5.96 Å². The number of methoxy groups -OCH3 is 1. The molecule has 3 rings (SSSR count). The third-order valence-electron chi connectivity index (χ3n) is 6.07. The second-order valence-corrected chi connectivity index (χ2v) is 10.6. The van der Waals surface area contributed by atoms with Crippen LogP contribution in [-0.4, -0.2) is 65.1 Å². The summed E-state index contributed by atoms with van der Waals surface area (Å²) < 4.78 is 38.7. The molecule has 0 radical (unpaired) electrons. The van der Waals surface area contributed by atoms with Gasteiger partial charge in [-0.1, -0.05) is 30.7 Å². The highest BCUT2D eigenvalue weighted by Crippen LogP contribution is 2.33. The smallest absolute Gasteiger partial charge is 0.243 e. The van der Waals surface area contributed by atoms with Crippen molar-refractivity contribution in [3.8, 4) is 16.9 Å². The van der Waals surface area contributed by atoms with Gasteiger partial charge in [0, 0.05) is 52.3 Å². The van der Waals surface area contributed by atoms with E-state index < -0.39 is 10.0 Å². The lowest BCUT2D eigenvalue weighted by Crippen LogP contribution is -2.38. The van der Waals surface area contributed by atoms with E-state index in [1.54, 1.807) is 30.6 Å². The van der Waals surface area contributed by atoms with Crippen molar-refractivity contribution in [1.82, 2.24) is 14.9 Å². The second-order valence-electron chi connectivity index (χ2n) is 8.69. The van der Waals surface area contributed by atoms with Gasteiger partial charge in [0.2, 0.25) is 15.9 Å². The first-order valence-corrected chi connectivity index (χ1v) is 13.7. The molecule has 10 heteroatoms. The fraction of sp³-hybridized carbons (Fsp3) is 0.462. The number of ether oxygens (including phenoxy) is 2. The summed E-state index contributed by atoms with van der Waals surface area (Å²) in [6.07, 6.45) is 4.31. The van der Waals surface area contributed by atoms with E-state index in [1.165, 1.54) is 0 Å². The zero-order chi connectivity index (χ0) is 26.0. The molecule has 1 heterocycles. The van der Waals surface area contributed by atoms with Crippen LogP contribution < -0.4 is 15.4 Å². The molecule has 0 unspecified atom stereocenters. The van der Waals surface area contributed by atoms with Crippen molar-refractivity contribution >= 4 is 21.9 Å². The molecule has 0 spiro atoms. The summed E-state index contributed by atoms with van der Waals surface area (Å²) >= 11 is 0. The predicted octanol–water partition coefficient (Wildman–Crippen LogP) is 3.15. The number of nitrogens with zero attached hydrogens (tertiary/aromatic N) is 1. The highest BCUT2D eigenvalue weighted by molar-refractivity contribution is 7.89. The van der Waals surface area contributed by atoms with Gasteiger partial charge >= 0.3 is 0 Å². The van der Waals surface area contributed by atoms with Crippen LogP contribution in [0.5, 0.6) is 5.75 Å². The first kappa shape index (κ1) is 27.6. The number of rotatable bonds is 11. The molecule has 9 nitrogen and oxygen atoms in total. The van der Waals surface area contributed by atoms with E-state index in [0.29, 0.717) is 43.4 Å². The highest BCUT2D eigenvalue weighted by atomic mass is 32.2. The molecule has 0 aromatic heterocycles. The largest absolute Gasteiger partial charge is 0.493 e. The minimum absolute atomic E-state index is 0.0386. The van der Waals surface area contributed by atoms with E-state index in [4.69, 9.17) is 14.9 Å². The second kappa shape index (κ2) is 13.4. The van der Waals surface area contributed by atoms with Crippen molar-refractivity contribution in [1.29, 1.82) is 5.41 Å². The van der Waals surface area contributed by atoms with Crippen LogP contribution in [0.3, 0.4) is 0 Å². The number of sulfonamides is 1. The Morgan fingerprint density at radius 2 is 1.78 bits per heavy atom. The van der Waals surface area contributed by atoms with Gasteiger partial charge in [-0.15, -0.1) is 0 Å². The monoisotopic (exact) mass is 516 g/mol. The van der Waals surface area contributed by atoms with E-state index in [-0.39, 0.29) is 18.3 Å². The molecule has 2 aromatic rings. The van der Waals surface area contributed by atoms with Crippen LogP contribution in [0, 0.1) is 5.41 Å². The van der Waals surface area contributed by atoms with Crippen molar-refractivity contribution in [2.24, 2.45) is 0 Å². The molecule has 1 saturated heterocycles. The molecule has 196 valence electrons. The van der Waals surface area contributed by atoms with Gasteiger partial charge in [0.05, 0.1) is 11.5 Å². The van der Waals surface area contributed by atoms with E-state index in [9.17, 15) is 13.2 Å². The third-order valence-corrected chi connectivity index (χ3v) is 7.98. The van der Waals surface area contributed by atoms with Crippen molar-refractivity contribution < 1.29 is 22.7 Å². The SMILES string of the molecule is CNC(=N)NC(=O)CCc1ccc(-c2ccc(S(=O)(=O)N3CCCCC3)cc2)c(OCCCOC)c1. The van der Waals surface area contributed by atoms with Crippen LogP contribution in [0.25, 0.3) is 11.1 Å². The molecular formula is C26H36N4O5S. The molecular weight excluding hydrogens is 480 g/mol. The first-order chi connectivity index (χ1) is 17.3. The average molecular weight is 517 g/mol. The molecule has 0 aliphatic carbocycles. The zero-order valence-corrected chi connectivity index (χ0v) is 21.8. The van der Waals surface area contributed by atoms with Gasteiger partial charge in [0.25, 0.3) is 0 Å². The number of carbonyl (C=O) groups excluding carboxylic acids is 1. The zero-order valence-electron chi connectivity index (χ0n) is 21.0. The summed E-state index contributed by atoms with van der Waals surface area (Å²) in [7, 11) is -0.277. The van der Waals surface area contributed by atoms with Crippen LogP contribution in [-0.2, 0) is 26.0 Å². The van der Waals surface area contributed by atoms with Crippen LogP contribution in [0.15, 0.2) is 47.4 Å². The van der Waals surface area contributed by atoms with Crippen LogP contribution in [0.2, 0.25) is 0 Å². The van der Waals surface area contributed by atoms with E-state index in [2.05, 4.69) is 10.6 Å². The normalized spacial score (nSPS) is 14.3. The number of nitrogens with one attached hydrogen (secondary N) is 3. The van der Waals surface area contributed by atoms with Crippen molar-refractivity contribution in [2.75, 3.05) is 40.5 Å². The van der Waals surface area contributed by atoms with Crippen LogP contribution >= 0.6 is 0 Å². The van der Waals surface area contributed by atoms with Crippen molar-refractivity contribution in [2.45, 2.75) is 43.4 Å². The molecule has 36 heavy (non-hydrogen) atoms. The van der Waals surface area contributed by atoms with Gasteiger partial charge in [-0.3, -0.25) is 15.5 Å². The summed E-state index contributed by atoms with van der Waals surface area (Å²) in [5.41, 5.74) is 2.62. The van der Waals surface area contributed by atoms with Crippen LogP contribution in [0.1, 0.15) is 37.7 Å². The van der Waals surface area contributed by atoms with Gasteiger partial charge < -0.3 is 14.8 Å². The molecule has 2 aromatic carbocycles. The fourth-order valence-electron chi connectivity index (χ4n) is 4.05. The Bertz CT molecular complexity index is 1130. The number of carbonyl (C=O) groups is 1. The van der Waals surface area contributed by atoms with E-state index >= 15 is 0 Å². The lowest BCUT2D eigenvalue weighted by atomic mass is 10.0. The Kier molecular flexibility index (Phi) is 10.3. The number of amides is 1. The summed E-state index contributed by atoms with van der Waals surface area (Å²) in [4.78, 5) is 12.3. The quantitative estimate of drug-likeness (QED) is 0.240. The fourth-order valence-corrected chi connectivity index (χ4v) is 5.57. The molecule has 0 atom stereocenters. The Labute approximate surface area is 213 Å². The summed E-state index contributed by atoms with van der Waals surface area (Å²) in [6, 6.07) is 12.7. The Balaban J connectivity index is 1.78. The first-order valence-electron chi connectivity index (χ1n) is 12.3. The van der Waals surface area contributed by atoms with Gasteiger partial charge in [0.1, 0.15) is 5.75 Å². The lowest BCUT2D eigenvalue weighted by molar-refractivity contribution is -0.119. The Morgan fingerprint density at radius 3 is 2.44 bits per heavy atom. The molecule has 3 N–H and O–H groups in total. The van der Waals surface area contributed by atoms with Gasteiger partial charge in [-0.2, -0.15) is 4.31 Å². The molecule has 1 fully saturated rings. The highest BCUT2D eigenvalue weighted by Gasteiger charge is 2.25. The minimum atomic E-state index is -3.49. The molecule has 0 bridgehead atoms. The molecule has 1 aliphatic rings. The Morgan fingerprint density at radius 1 is 1.06 bits per heavy atom. The van der Waals surface area contributed by atoms with E-state index in [0.717, 1.165) is 42.4 Å². The topological polar surface area (TPSA) is 121 Å². The maximum atomic E-state index is 13.0. The molecule has 1 amide bonds. The van der Waals surface area contributed by atoms with Gasteiger partial charge in [-0.05, 0) is 48.6 Å².